The van der Waals surface area contributed by atoms with Gasteiger partial charge < -0.3 is 9.35 Å². The van der Waals surface area contributed by atoms with Crippen LogP contribution in [0.25, 0.3) is 5.69 Å². The molecule has 206 valence electrons. The average Bonchev–Trinajstić information content (AvgIpc) is 3.68. The van der Waals surface area contributed by atoms with Crippen molar-refractivity contribution in [1.29, 1.82) is 0 Å². The van der Waals surface area contributed by atoms with Crippen LogP contribution in [0.3, 0.4) is 0 Å². The molecular weight excluding hydrogens is 553 g/mol. The molecule has 3 aromatic heterocycles. The average molecular weight is 579 g/mol. The lowest BCUT2D eigenvalue weighted by atomic mass is 9.96. The molecule has 10 nitrogen and oxygen atoms in total. The highest BCUT2D eigenvalue weighted by molar-refractivity contribution is 7.90. The molecule has 15 heteroatoms. The van der Waals surface area contributed by atoms with Crippen molar-refractivity contribution in [1.82, 2.24) is 39.9 Å². The molecule has 0 amide bonds. The summed E-state index contributed by atoms with van der Waals surface area (Å²) in [6.07, 6.45) is -2.26. The van der Waals surface area contributed by atoms with E-state index in [1.165, 1.54) is 20.7 Å². The first-order valence-electron chi connectivity index (χ1n) is 12.2. The SMILES string of the molecule is Cc1cc(C(F)(F)F)nn1CC(C=O)N1CCC(c2nc(C[S+]([O-])c3nnnn3-c3ccccc3)cs2)CC1. The number of hydrogen-bond acceptors (Lipinski definition) is 9. The predicted molar refractivity (Wildman–Crippen MR) is 137 cm³/mol. The monoisotopic (exact) mass is 578 g/mol. The van der Waals surface area contributed by atoms with Gasteiger partial charge in [0.2, 0.25) is 0 Å². The van der Waals surface area contributed by atoms with E-state index in [9.17, 15) is 22.5 Å². The number of likely N-dealkylation sites (tertiary alicyclic amines) is 1. The first-order valence-corrected chi connectivity index (χ1v) is 14.4. The normalized spacial score (nSPS) is 16.8. The van der Waals surface area contributed by atoms with Crippen LogP contribution in [-0.2, 0) is 34.4 Å². The van der Waals surface area contributed by atoms with E-state index in [1.807, 2.05) is 40.6 Å². The number of rotatable bonds is 9. The summed E-state index contributed by atoms with van der Waals surface area (Å²) in [5, 5.41) is 18.3. The third kappa shape index (κ3) is 6.21. The van der Waals surface area contributed by atoms with Crippen molar-refractivity contribution in [2.24, 2.45) is 0 Å². The molecule has 0 bridgehead atoms. The third-order valence-electron chi connectivity index (χ3n) is 6.63. The smallest absolute Gasteiger partial charge is 0.435 e. The highest BCUT2D eigenvalue weighted by atomic mass is 32.2. The van der Waals surface area contributed by atoms with E-state index < -0.39 is 29.1 Å². The van der Waals surface area contributed by atoms with E-state index in [4.69, 9.17) is 4.98 Å². The van der Waals surface area contributed by atoms with E-state index in [0.29, 0.717) is 30.2 Å². The summed E-state index contributed by atoms with van der Waals surface area (Å²) >= 11 is 0.00782. The molecular formula is C24H25F3N8O2S2. The van der Waals surface area contributed by atoms with Crippen molar-refractivity contribution in [3.63, 3.8) is 0 Å². The Balaban J connectivity index is 1.18. The van der Waals surface area contributed by atoms with E-state index in [2.05, 4.69) is 20.6 Å². The van der Waals surface area contributed by atoms with Crippen molar-refractivity contribution < 1.29 is 22.5 Å². The number of nitrogens with zero attached hydrogens (tertiary/aromatic N) is 8. The predicted octanol–water partition coefficient (Wildman–Crippen LogP) is 3.40. The van der Waals surface area contributed by atoms with Crippen molar-refractivity contribution >= 4 is 28.8 Å². The number of alkyl halides is 3. The Hall–Kier alpha value is -3.14. The van der Waals surface area contributed by atoms with Gasteiger partial charge >= 0.3 is 11.3 Å². The summed E-state index contributed by atoms with van der Waals surface area (Å²) in [7, 11) is 0. The molecule has 4 heterocycles. The summed E-state index contributed by atoms with van der Waals surface area (Å²) in [4.78, 5) is 18.5. The van der Waals surface area contributed by atoms with Gasteiger partial charge in [0.1, 0.15) is 12.0 Å². The number of carbonyl (C=O) groups is 1. The molecule has 1 aliphatic heterocycles. The minimum absolute atomic E-state index is 0.0613. The molecule has 2 unspecified atom stereocenters. The quantitative estimate of drug-likeness (QED) is 0.219. The molecule has 0 aliphatic carbocycles. The summed E-state index contributed by atoms with van der Waals surface area (Å²) in [6, 6.07) is 9.64. The zero-order valence-corrected chi connectivity index (χ0v) is 22.5. The van der Waals surface area contributed by atoms with Crippen LogP contribution in [0.4, 0.5) is 13.2 Å². The van der Waals surface area contributed by atoms with Crippen LogP contribution < -0.4 is 0 Å². The zero-order valence-electron chi connectivity index (χ0n) is 20.9. The Morgan fingerprint density at radius 2 is 1.97 bits per heavy atom. The highest BCUT2D eigenvalue weighted by Crippen LogP contribution is 2.32. The van der Waals surface area contributed by atoms with Gasteiger partial charge in [-0.3, -0.25) is 9.58 Å². The van der Waals surface area contributed by atoms with Crippen molar-refractivity contribution in [2.75, 3.05) is 13.1 Å². The van der Waals surface area contributed by atoms with Gasteiger partial charge in [0.15, 0.2) is 11.4 Å². The standard InChI is InChI=1S/C24H25F3N8O2S2/c1-16-11-21(24(25,26)27)30-34(16)12-20(13-36)33-9-7-17(8-10-33)22-28-18(14-38-22)15-39(37)23-29-31-32-35(23)19-5-3-2-4-6-19/h2-6,11,13-14,17,20H,7-10,12,15H2,1H3. The van der Waals surface area contributed by atoms with Crippen molar-refractivity contribution in [3.8, 4) is 5.69 Å². The number of hydrogen-bond donors (Lipinski definition) is 0. The Morgan fingerprint density at radius 1 is 1.23 bits per heavy atom. The van der Waals surface area contributed by atoms with Gasteiger partial charge in [-0.05, 0) is 61.5 Å². The van der Waals surface area contributed by atoms with Crippen LogP contribution in [0, 0.1) is 6.92 Å². The van der Waals surface area contributed by atoms with E-state index >= 15 is 0 Å². The molecule has 1 aromatic carbocycles. The number of halogens is 3. The second-order valence-corrected chi connectivity index (χ2v) is 11.5. The molecule has 1 fully saturated rings. The summed E-state index contributed by atoms with van der Waals surface area (Å²) in [6.45, 7) is 2.82. The molecule has 1 saturated heterocycles. The number of aromatic nitrogens is 7. The number of tetrazole rings is 1. The summed E-state index contributed by atoms with van der Waals surface area (Å²) in [5.41, 5.74) is 0.808. The van der Waals surface area contributed by atoms with E-state index in [0.717, 1.165) is 30.2 Å². The van der Waals surface area contributed by atoms with Crippen LogP contribution in [0.15, 0.2) is 46.9 Å². The number of piperidine rings is 1. The summed E-state index contributed by atoms with van der Waals surface area (Å²) in [5.74, 6) is 0.359. The lowest BCUT2D eigenvalue weighted by molar-refractivity contribution is -0.141. The maximum Gasteiger partial charge on any atom is 0.435 e. The maximum absolute atomic E-state index is 13.0. The van der Waals surface area contributed by atoms with Crippen LogP contribution in [0.5, 0.6) is 0 Å². The number of benzene rings is 1. The second kappa shape index (κ2) is 11.5. The second-order valence-electron chi connectivity index (χ2n) is 9.24. The molecule has 0 radical (unpaired) electrons. The van der Waals surface area contributed by atoms with Crippen LogP contribution in [0.2, 0.25) is 0 Å². The van der Waals surface area contributed by atoms with Gasteiger partial charge in [0.25, 0.3) is 0 Å². The fourth-order valence-electron chi connectivity index (χ4n) is 4.56. The van der Waals surface area contributed by atoms with Crippen LogP contribution >= 0.6 is 11.3 Å². The van der Waals surface area contributed by atoms with Gasteiger partial charge in [-0.1, -0.05) is 23.3 Å². The molecule has 0 saturated carbocycles. The molecule has 4 aromatic rings. The number of aryl methyl sites for hydroxylation is 1. The first kappa shape index (κ1) is 27.4. The Morgan fingerprint density at radius 3 is 2.64 bits per heavy atom. The number of thiazole rings is 1. The zero-order chi connectivity index (χ0) is 27.6. The topological polar surface area (TPSA) is 118 Å². The van der Waals surface area contributed by atoms with E-state index in [-0.39, 0.29) is 23.4 Å². The van der Waals surface area contributed by atoms with Crippen molar-refractivity contribution in [3.05, 3.63) is 63.9 Å². The lowest BCUT2D eigenvalue weighted by Gasteiger charge is -2.34. The fourth-order valence-corrected chi connectivity index (χ4v) is 6.67. The Bertz CT molecular complexity index is 1400. The van der Waals surface area contributed by atoms with Crippen LogP contribution in [-0.4, -0.2) is 69.8 Å². The fraction of sp³-hybridized carbons (Fsp3) is 0.417. The minimum atomic E-state index is -4.53. The van der Waals surface area contributed by atoms with Crippen LogP contribution in [0.1, 0.15) is 40.8 Å². The molecule has 1 aliphatic rings. The van der Waals surface area contributed by atoms with Gasteiger partial charge in [0.05, 0.1) is 23.3 Å². The van der Waals surface area contributed by atoms with Gasteiger partial charge in [-0.2, -0.15) is 23.0 Å². The first-order chi connectivity index (χ1) is 18.7. The molecule has 0 N–H and O–H groups in total. The van der Waals surface area contributed by atoms with E-state index in [1.54, 1.807) is 6.92 Å². The molecule has 5 rings (SSSR count). The van der Waals surface area contributed by atoms with Crippen molar-refractivity contribution in [2.45, 2.75) is 55.4 Å². The summed E-state index contributed by atoms with van der Waals surface area (Å²) < 4.78 is 54.8. The number of para-hydroxylation sites is 1. The minimum Gasteiger partial charge on any atom is -0.609 e. The molecule has 39 heavy (non-hydrogen) atoms. The van der Waals surface area contributed by atoms with Gasteiger partial charge in [-0.25, -0.2) is 4.98 Å². The highest BCUT2D eigenvalue weighted by Gasteiger charge is 2.35. The molecule has 2 atom stereocenters. The van der Waals surface area contributed by atoms with Gasteiger partial charge in [0, 0.05) is 28.2 Å². The largest absolute Gasteiger partial charge is 0.609 e. The number of aldehydes is 1. The maximum atomic E-state index is 13.0. The molecule has 0 spiro atoms. The number of carbonyl (C=O) groups excluding carboxylic acids is 1. The Labute approximate surface area is 229 Å². The lowest BCUT2D eigenvalue weighted by Crippen LogP contribution is -2.44. The van der Waals surface area contributed by atoms with Gasteiger partial charge in [-0.15, -0.1) is 11.3 Å². The third-order valence-corrected chi connectivity index (χ3v) is 8.91. The Kier molecular flexibility index (Phi) is 8.11.